The quantitative estimate of drug-likeness (QED) is 0.464. The number of dihydropyridines is 1. The first kappa shape index (κ1) is 6.27. The molecule has 0 unspecified atom stereocenters. The summed E-state index contributed by atoms with van der Waals surface area (Å²) >= 11 is 0. The van der Waals surface area contributed by atoms with E-state index in [9.17, 15) is 0 Å². The molecule has 1 heterocycles. The van der Waals surface area contributed by atoms with Crippen molar-refractivity contribution in [3.05, 3.63) is 23.8 Å². The molecule has 0 atom stereocenters. The van der Waals surface area contributed by atoms with Crippen LogP contribution in [0.5, 0.6) is 0 Å². The summed E-state index contributed by atoms with van der Waals surface area (Å²) in [5.74, 6) is 0. The van der Waals surface area contributed by atoms with Gasteiger partial charge in [-0.15, -0.1) is 0 Å². The van der Waals surface area contributed by atoms with Gasteiger partial charge >= 0.3 is 0 Å². The Balaban J connectivity index is 2.87. The Morgan fingerprint density at radius 2 is 2.22 bits per heavy atom. The molecular weight excluding hydrogens is 110 g/mol. The van der Waals surface area contributed by atoms with Crippen molar-refractivity contribution < 1.29 is 0 Å². The molecule has 0 spiro atoms. The van der Waals surface area contributed by atoms with E-state index in [0.717, 1.165) is 17.8 Å². The van der Waals surface area contributed by atoms with Crippen LogP contribution in [0.25, 0.3) is 0 Å². The normalized spacial score (nSPS) is 19.1. The topological polar surface area (TPSA) is 12.4 Å². The molecule has 1 nitrogen and oxygen atoms in total. The fourth-order valence-electron chi connectivity index (χ4n) is 0.806. The average molecular weight is 121 g/mol. The van der Waals surface area contributed by atoms with Gasteiger partial charge in [0.1, 0.15) is 0 Å². The molecule has 0 aliphatic carbocycles. The Bertz CT molecular complexity index is 197. The molecule has 9 heavy (non-hydrogen) atoms. The molecule has 1 heteroatoms. The van der Waals surface area contributed by atoms with E-state index in [2.05, 4.69) is 24.6 Å². The van der Waals surface area contributed by atoms with Crippen LogP contribution in [0.1, 0.15) is 13.8 Å². The van der Waals surface area contributed by atoms with E-state index in [-0.39, 0.29) is 0 Å². The fourth-order valence-corrected chi connectivity index (χ4v) is 0.806. The number of allylic oxidation sites excluding steroid dienone is 1. The van der Waals surface area contributed by atoms with Gasteiger partial charge in [-0.05, 0) is 31.1 Å². The summed E-state index contributed by atoms with van der Waals surface area (Å²) < 4.78 is 0. The van der Waals surface area contributed by atoms with Crippen LogP contribution in [-0.2, 0) is 0 Å². The number of rotatable bonds is 0. The minimum Gasteiger partial charge on any atom is -0.285 e. The molecule has 1 rings (SSSR count). The molecule has 0 aromatic heterocycles. The molecule has 0 radical (unpaired) electrons. The summed E-state index contributed by atoms with van der Waals surface area (Å²) in [7, 11) is 0. The molecule has 1 aliphatic heterocycles. The van der Waals surface area contributed by atoms with Crippen LogP contribution in [0.3, 0.4) is 0 Å². The molecule has 0 fully saturated rings. The third kappa shape index (κ3) is 1.28. The summed E-state index contributed by atoms with van der Waals surface area (Å²) in [6, 6.07) is 0. The molecule has 0 bridgehead atoms. The first-order valence-electron chi connectivity index (χ1n) is 3.07. The summed E-state index contributed by atoms with van der Waals surface area (Å²) in [6.07, 6.45) is 2.06. The number of hydrogen-bond acceptors (Lipinski definition) is 1. The Morgan fingerprint density at radius 1 is 1.56 bits per heavy atom. The van der Waals surface area contributed by atoms with Crippen LogP contribution in [0.2, 0.25) is 0 Å². The van der Waals surface area contributed by atoms with Crippen molar-refractivity contribution in [3.8, 4) is 0 Å². The lowest BCUT2D eigenvalue weighted by Gasteiger charge is -2.08. The third-order valence-corrected chi connectivity index (χ3v) is 1.50. The van der Waals surface area contributed by atoms with Crippen molar-refractivity contribution in [1.29, 1.82) is 0 Å². The van der Waals surface area contributed by atoms with Gasteiger partial charge in [0, 0.05) is 5.71 Å². The highest BCUT2D eigenvalue weighted by molar-refractivity contribution is 5.95. The van der Waals surface area contributed by atoms with Crippen LogP contribution < -0.4 is 0 Å². The SMILES string of the molecule is C=C1CN=C(C)C=C1C. The van der Waals surface area contributed by atoms with Gasteiger partial charge in [-0.2, -0.15) is 0 Å². The Morgan fingerprint density at radius 3 is 2.67 bits per heavy atom. The van der Waals surface area contributed by atoms with Gasteiger partial charge in [-0.1, -0.05) is 6.58 Å². The average Bonchev–Trinajstić information content (AvgIpc) is 1.80. The lowest BCUT2D eigenvalue weighted by atomic mass is 10.1. The van der Waals surface area contributed by atoms with Gasteiger partial charge in [0.2, 0.25) is 0 Å². The lowest BCUT2D eigenvalue weighted by molar-refractivity contribution is 1.12. The zero-order valence-electron chi connectivity index (χ0n) is 5.94. The van der Waals surface area contributed by atoms with Crippen molar-refractivity contribution in [1.82, 2.24) is 0 Å². The largest absolute Gasteiger partial charge is 0.285 e. The standard InChI is InChI=1S/C8H11N/c1-6-4-8(3)9-5-7(6)2/h4H,2,5H2,1,3H3. The second kappa shape index (κ2) is 2.18. The van der Waals surface area contributed by atoms with Crippen molar-refractivity contribution in [3.63, 3.8) is 0 Å². The van der Waals surface area contributed by atoms with Gasteiger partial charge in [0.25, 0.3) is 0 Å². The van der Waals surface area contributed by atoms with Crippen LogP contribution >= 0.6 is 0 Å². The maximum absolute atomic E-state index is 4.20. The van der Waals surface area contributed by atoms with E-state index in [1.165, 1.54) is 5.57 Å². The molecule has 0 amide bonds. The van der Waals surface area contributed by atoms with Crippen molar-refractivity contribution in [2.45, 2.75) is 13.8 Å². The predicted molar refractivity (Wildman–Crippen MR) is 40.9 cm³/mol. The fraction of sp³-hybridized carbons (Fsp3) is 0.375. The van der Waals surface area contributed by atoms with Gasteiger partial charge in [0.15, 0.2) is 0 Å². The van der Waals surface area contributed by atoms with Gasteiger partial charge in [-0.25, -0.2) is 0 Å². The van der Waals surface area contributed by atoms with E-state index in [1.54, 1.807) is 0 Å². The smallest absolute Gasteiger partial charge is 0.0639 e. The number of nitrogens with zero attached hydrogens (tertiary/aromatic N) is 1. The van der Waals surface area contributed by atoms with Crippen LogP contribution in [0.4, 0.5) is 0 Å². The lowest BCUT2D eigenvalue weighted by Crippen LogP contribution is -2.01. The highest BCUT2D eigenvalue weighted by Gasteiger charge is 2.01. The maximum atomic E-state index is 4.20. The highest BCUT2D eigenvalue weighted by atomic mass is 14.7. The Kier molecular flexibility index (Phi) is 1.52. The van der Waals surface area contributed by atoms with Crippen molar-refractivity contribution in [2.75, 3.05) is 6.54 Å². The monoisotopic (exact) mass is 121 g/mol. The Labute approximate surface area is 55.8 Å². The summed E-state index contributed by atoms with van der Waals surface area (Å²) in [6.45, 7) is 8.72. The van der Waals surface area contributed by atoms with E-state index in [1.807, 2.05) is 6.92 Å². The zero-order valence-corrected chi connectivity index (χ0v) is 5.94. The molecule has 0 N–H and O–H groups in total. The predicted octanol–water partition coefficient (Wildman–Crippen LogP) is 1.96. The summed E-state index contributed by atoms with van der Waals surface area (Å²) in [5.41, 5.74) is 3.52. The van der Waals surface area contributed by atoms with E-state index in [4.69, 9.17) is 0 Å². The first-order valence-corrected chi connectivity index (χ1v) is 3.07. The molecular formula is C8H11N. The maximum Gasteiger partial charge on any atom is 0.0639 e. The molecule has 0 aromatic carbocycles. The van der Waals surface area contributed by atoms with Gasteiger partial charge < -0.3 is 0 Å². The van der Waals surface area contributed by atoms with E-state index < -0.39 is 0 Å². The number of aliphatic imine (C=N–C) groups is 1. The molecule has 48 valence electrons. The third-order valence-electron chi connectivity index (χ3n) is 1.50. The minimum absolute atomic E-state index is 0.786. The molecule has 1 aliphatic rings. The molecule has 0 saturated heterocycles. The van der Waals surface area contributed by atoms with Crippen LogP contribution in [0, 0.1) is 0 Å². The molecule has 0 aromatic rings. The minimum atomic E-state index is 0.786. The second-order valence-electron chi connectivity index (χ2n) is 2.39. The van der Waals surface area contributed by atoms with Crippen LogP contribution in [0.15, 0.2) is 28.8 Å². The van der Waals surface area contributed by atoms with Gasteiger partial charge in [-0.3, -0.25) is 4.99 Å². The molecule has 0 saturated carbocycles. The zero-order chi connectivity index (χ0) is 6.85. The first-order chi connectivity index (χ1) is 4.20. The van der Waals surface area contributed by atoms with Crippen LogP contribution in [-0.4, -0.2) is 12.3 Å². The van der Waals surface area contributed by atoms with Crippen molar-refractivity contribution >= 4 is 5.71 Å². The van der Waals surface area contributed by atoms with E-state index >= 15 is 0 Å². The summed E-state index contributed by atoms with van der Waals surface area (Å²) in [4.78, 5) is 4.20. The summed E-state index contributed by atoms with van der Waals surface area (Å²) in [5, 5.41) is 0. The second-order valence-corrected chi connectivity index (χ2v) is 2.39. The highest BCUT2D eigenvalue weighted by Crippen LogP contribution is 2.11. The van der Waals surface area contributed by atoms with Crippen molar-refractivity contribution in [2.24, 2.45) is 4.99 Å². The Hall–Kier alpha value is -0.850. The van der Waals surface area contributed by atoms with E-state index in [0.29, 0.717) is 0 Å². The number of hydrogen-bond donors (Lipinski definition) is 0. The van der Waals surface area contributed by atoms with Gasteiger partial charge in [0.05, 0.1) is 6.54 Å².